The summed E-state index contributed by atoms with van der Waals surface area (Å²) in [7, 11) is 0. The van der Waals surface area contributed by atoms with E-state index in [1.807, 2.05) is 18.3 Å². The molecule has 0 atom stereocenters. The summed E-state index contributed by atoms with van der Waals surface area (Å²) in [5, 5.41) is 0. The molecule has 0 spiro atoms. The molecule has 0 saturated carbocycles. The van der Waals surface area contributed by atoms with Gasteiger partial charge in [-0.05, 0) is 24.5 Å². The zero-order chi connectivity index (χ0) is 14.5. The number of imidazole rings is 1. The number of unbranched alkanes of at least 4 members (excludes halogenated alkanes) is 2. The number of nitrogens with zero attached hydrogens (tertiary/aromatic N) is 2. The Morgan fingerprint density at radius 3 is 2.80 bits per heavy atom. The van der Waals surface area contributed by atoms with Crippen molar-refractivity contribution in [2.45, 2.75) is 52.5 Å². The Bertz CT molecular complexity index is 560. The molecule has 0 bridgehead atoms. The Morgan fingerprint density at radius 2 is 2.15 bits per heavy atom. The van der Waals surface area contributed by atoms with Crippen molar-refractivity contribution < 1.29 is 4.74 Å². The molecule has 110 valence electrons. The minimum absolute atomic E-state index is 0.362. The van der Waals surface area contributed by atoms with E-state index in [-0.39, 0.29) is 0 Å². The number of aromatic nitrogens is 2. The number of nitrogens with two attached hydrogens (primary N) is 1. The molecule has 0 unspecified atom stereocenters. The molecular formula is C16H25N3O. The average molecular weight is 275 g/mol. The third kappa shape index (κ3) is 2.96. The lowest BCUT2D eigenvalue weighted by Gasteiger charge is -2.07. The van der Waals surface area contributed by atoms with E-state index in [0.29, 0.717) is 12.5 Å². The first-order valence-corrected chi connectivity index (χ1v) is 7.51. The minimum atomic E-state index is 0.362. The first-order chi connectivity index (χ1) is 9.69. The second kappa shape index (κ2) is 6.75. The number of rotatable bonds is 7. The molecule has 0 aliphatic carbocycles. The van der Waals surface area contributed by atoms with Crippen LogP contribution in [-0.2, 0) is 6.54 Å². The summed E-state index contributed by atoms with van der Waals surface area (Å²) in [6, 6.07) is 3.98. The number of pyridine rings is 1. The van der Waals surface area contributed by atoms with Crippen LogP contribution in [-0.4, -0.2) is 16.0 Å². The zero-order valence-electron chi connectivity index (χ0n) is 12.7. The van der Waals surface area contributed by atoms with E-state index >= 15 is 0 Å². The van der Waals surface area contributed by atoms with Crippen molar-refractivity contribution in [1.29, 1.82) is 0 Å². The van der Waals surface area contributed by atoms with Crippen LogP contribution in [0, 0.1) is 0 Å². The van der Waals surface area contributed by atoms with Crippen molar-refractivity contribution in [3.63, 3.8) is 0 Å². The van der Waals surface area contributed by atoms with Gasteiger partial charge in [-0.15, -0.1) is 0 Å². The predicted molar refractivity (Wildman–Crippen MR) is 82.2 cm³/mol. The van der Waals surface area contributed by atoms with Gasteiger partial charge in [0.1, 0.15) is 0 Å². The number of hydrogen-bond acceptors (Lipinski definition) is 3. The van der Waals surface area contributed by atoms with Crippen LogP contribution in [0.3, 0.4) is 0 Å². The van der Waals surface area contributed by atoms with Gasteiger partial charge in [-0.2, -0.15) is 0 Å². The Kier molecular flexibility index (Phi) is 5.01. The Hall–Kier alpha value is -1.55. The van der Waals surface area contributed by atoms with Crippen LogP contribution in [0.5, 0.6) is 5.75 Å². The summed E-state index contributed by atoms with van der Waals surface area (Å²) in [5.41, 5.74) is 8.91. The van der Waals surface area contributed by atoms with Gasteiger partial charge in [0.05, 0.1) is 18.0 Å². The molecule has 0 saturated heterocycles. The summed E-state index contributed by atoms with van der Waals surface area (Å²) in [5.74, 6) is 1.21. The molecule has 0 aliphatic rings. The molecule has 0 radical (unpaired) electrons. The highest BCUT2D eigenvalue weighted by Gasteiger charge is 2.16. The summed E-state index contributed by atoms with van der Waals surface area (Å²) < 4.78 is 7.95. The molecule has 2 N–H and O–H groups in total. The molecule has 0 amide bonds. The highest BCUT2D eigenvalue weighted by Crippen LogP contribution is 2.26. The van der Waals surface area contributed by atoms with Gasteiger partial charge in [-0.25, -0.2) is 4.98 Å². The molecule has 2 aromatic rings. The second-order valence-electron chi connectivity index (χ2n) is 5.42. The Balaban J connectivity index is 2.32. The maximum absolute atomic E-state index is 5.89. The Labute approximate surface area is 121 Å². The van der Waals surface area contributed by atoms with E-state index < -0.39 is 0 Å². The fraction of sp³-hybridized carbons (Fsp3) is 0.562. The van der Waals surface area contributed by atoms with Crippen molar-refractivity contribution in [3.05, 3.63) is 29.7 Å². The fourth-order valence-corrected chi connectivity index (χ4v) is 2.42. The van der Waals surface area contributed by atoms with Crippen LogP contribution >= 0.6 is 0 Å². The standard InChI is InChI=1S/C16H25N3O/c1-4-5-6-10-20-14-8-7-9-19-13(11-17)15(12(2)3)18-16(14)19/h7-9,12H,4-6,10-11,17H2,1-3H3. The van der Waals surface area contributed by atoms with Gasteiger partial charge in [-0.1, -0.05) is 33.6 Å². The van der Waals surface area contributed by atoms with Gasteiger partial charge in [0.15, 0.2) is 11.4 Å². The molecule has 0 aromatic carbocycles. The highest BCUT2D eigenvalue weighted by molar-refractivity contribution is 5.56. The quantitative estimate of drug-likeness (QED) is 0.787. The third-order valence-corrected chi connectivity index (χ3v) is 3.49. The molecular weight excluding hydrogens is 250 g/mol. The minimum Gasteiger partial charge on any atom is -0.490 e. The van der Waals surface area contributed by atoms with E-state index in [9.17, 15) is 0 Å². The Morgan fingerprint density at radius 1 is 1.35 bits per heavy atom. The first-order valence-electron chi connectivity index (χ1n) is 7.51. The summed E-state index contributed by atoms with van der Waals surface area (Å²) in [6.45, 7) is 7.71. The van der Waals surface area contributed by atoms with Gasteiger partial charge in [0, 0.05) is 12.7 Å². The van der Waals surface area contributed by atoms with Gasteiger partial charge >= 0.3 is 0 Å². The maximum Gasteiger partial charge on any atom is 0.180 e. The van der Waals surface area contributed by atoms with E-state index in [1.54, 1.807) is 0 Å². The van der Waals surface area contributed by atoms with Gasteiger partial charge < -0.3 is 10.5 Å². The predicted octanol–water partition coefficient (Wildman–Crippen LogP) is 3.49. The molecule has 2 rings (SSSR count). The maximum atomic E-state index is 5.89. The van der Waals surface area contributed by atoms with Crippen LogP contribution in [0.25, 0.3) is 5.65 Å². The van der Waals surface area contributed by atoms with Crippen molar-refractivity contribution in [2.24, 2.45) is 5.73 Å². The average Bonchev–Trinajstić information content (AvgIpc) is 2.83. The van der Waals surface area contributed by atoms with Gasteiger partial charge in [0.2, 0.25) is 0 Å². The van der Waals surface area contributed by atoms with Crippen molar-refractivity contribution in [3.8, 4) is 5.75 Å². The second-order valence-corrected chi connectivity index (χ2v) is 5.42. The lowest BCUT2D eigenvalue weighted by molar-refractivity contribution is 0.308. The number of ether oxygens (including phenoxy) is 1. The highest BCUT2D eigenvalue weighted by atomic mass is 16.5. The smallest absolute Gasteiger partial charge is 0.180 e. The summed E-state index contributed by atoms with van der Waals surface area (Å²) in [6.07, 6.45) is 5.49. The number of fused-ring (bicyclic) bond motifs is 1. The van der Waals surface area contributed by atoms with Crippen LogP contribution in [0.15, 0.2) is 18.3 Å². The van der Waals surface area contributed by atoms with Crippen molar-refractivity contribution in [2.75, 3.05) is 6.61 Å². The molecule has 4 nitrogen and oxygen atoms in total. The molecule has 4 heteroatoms. The van der Waals surface area contributed by atoms with Crippen molar-refractivity contribution >= 4 is 5.65 Å². The zero-order valence-corrected chi connectivity index (χ0v) is 12.7. The summed E-state index contributed by atoms with van der Waals surface area (Å²) >= 11 is 0. The van der Waals surface area contributed by atoms with Gasteiger partial charge in [-0.3, -0.25) is 4.40 Å². The van der Waals surface area contributed by atoms with Crippen molar-refractivity contribution in [1.82, 2.24) is 9.38 Å². The monoisotopic (exact) mass is 275 g/mol. The third-order valence-electron chi connectivity index (χ3n) is 3.49. The van der Waals surface area contributed by atoms with Gasteiger partial charge in [0.25, 0.3) is 0 Å². The molecule has 0 fully saturated rings. The normalized spacial score (nSPS) is 11.4. The molecule has 20 heavy (non-hydrogen) atoms. The van der Waals surface area contributed by atoms with Crippen LogP contribution in [0.1, 0.15) is 57.3 Å². The fourth-order valence-electron chi connectivity index (χ4n) is 2.42. The summed E-state index contributed by atoms with van der Waals surface area (Å²) in [4.78, 5) is 4.74. The topological polar surface area (TPSA) is 52.5 Å². The van der Waals surface area contributed by atoms with E-state index in [4.69, 9.17) is 15.5 Å². The largest absolute Gasteiger partial charge is 0.490 e. The lowest BCUT2D eigenvalue weighted by atomic mass is 10.1. The van der Waals surface area contributed by atoms with Crippen LogP contribution in [0.4, 0.5) is 0 Å². The van der Waals surface area contributed by atoms with E-state index in [1.165, 1.54) is 12.8 Å². The molecule has 2 aromatic heterocycles. The van der Waals surface area contributed by atoms with E-state index in [0.717, 1.165) is 35.8 Å². The lowest BCUT2D eigenvalue weighted by Crippen LogP contribution is -2.05. The van der Waals surface area contributed by atoms with Crippen LogP contribution in [0.2, 0.25) is 0 Å². The molecule has 2 heterocycles. The van der Waals surface area contributed by atoms with E-state index in [2.05, 4.69) is 25.2 Å². The van der Waals surface area contributed by atoms with Crippen LogP contribution < -0.4 is 10.5 Å². The molecule has 0 aliphatic heterocycles. The SMILES string of the molecule is CCCCCOc1cccn2c(CN)c(C(C)C)nc12. The number of hydrogen-bond donors (Lipinski definition) is 1. The first kappa shape index (κ1) is 14.9.